The Morgan fingerprint density at radius 3 is 3.05 bits per heavy atom. The van der Waals surface area contributed by atoms with Gasteiger partial charge >= 0.3 is 0 Å². The van der Waals surface area contributed by atoms with E-state index in [4.69, 9.17) is 9.15 Å². The summed E-state index contributed by atoms with van der Waals surface area (Å²) >= 11 is 0. The molecule has 1 aromatic carbocycles. The molecule has 3 heterocycles. The summed E-state index contributed by atoms with van der Waals surface area (Å²) in [5.41, 5.74) is 2.12. The molecule has 1 aromatic heterocycles. The Hall–Kier alpha value is -2.33. The van der Waals surface area contributed by atoms with Gasteiger partial charge in [0.05, 0.1) is 19.0 Å². The summed E-state index contributed by atoms with van der Waals surface area (Å²) in [5.74, 6) is -0.00402. The first-order valence-corrected chi connectivity index (χ1v) is 7.09. The van der Waals surface area contributed by atoms with Crippen molar-refractivity contribution in [1.82, 2.24) is 0 Å². The highest BCUT2D eigenvalue weighted by Crippen LogP contribution is 2.50. The molecular formula is C17H13NO3. The van der Waals surface area contributed by atoms with Crippen LogP contribution in [0.4, 0.5) is 5.69 Å². The average Bonchev–Trinajstić information content (AvgIpc) is 3.16. The Bertz CT molecular complexity index is 881. The summed E-state index contributed by atoms with van der Waals surface area (Å²) in [7, 11) is 0. The van der Waals surface area contributed by atoms with Gasteiger partial charge in [-0.25, -0.2) is 0 Å². The monoisotopic (exact) mass is 279 g/mol. The van der Waals surface area contributed by atoms with Crippen molar-refractivity contribution in [2.75, 3.05) is 11.9 Å². The lowest BCUT2D eigenvalue weighted by Crippen LogP contribution is -2.44. The van der Waals surface area contributed by atoms with Gasteiger partial charge in [0.15, 0.2) is 0 Å². The molecule has 5 rings (SSSR count). The minimum absolute atomic E-state index is 0.0239. The number of para-hydroxylation sites is 1. The van der Waals surface area contributed by atoms with Gasteiger partial charge in [0.1, 0.15) is 10.8 Å². The van der Waals surface area contributed by atoms with Crippen LogP contribution in [0.15, 0.2) is 41.0 Å². The summed E-state index contributed by atoms with van der Waals surface area (Å²) in [4.78, 5) is 12.7. The molecule has 0 bridgehead atoms. The third-order valence-corrected chi connectivity index (χ3v) is 4.89. The van der Waals surface area contributed by atoms with Crippen molar-refractivity contribution in [1.29, 1.82) is 0 Å². The van der Waals surface area contributed by atoms with E-state index < -0.39 is 5.41 Å². The van der Waals surface area contributed by atoms with Gasteiger partial charge in [-0.2, -0.15) is 0 Å². The molecule has 0 radical (unpaired) electrons. The van der Waals surface area contributed by atoms with Gasteiger partial charge in [-0.1, -0.05) is 18.2 Å². The molecule has 1 amide bonds. The minimum atomic E-state index is -0.637. The second kappa shape index (κ2) is 3.65. The molecule has 4 heteroatoms. The molecule has 1 N–H and O–H groups in total. The van der Waals surface area contributed by atoms with Crippen LogP contribution in [0.1, 0.15) is 5.56 Å². The lowest BCUT2D eigenvalue weighted by Gasteiger charge is -2.27. The fourth-order valence-electron chi connectivity index (χ4n) is 3.85. The molecule has 1 spiro atoms. The molecule has 1 saturated heterocycles. The topological polar surface area (TPSA) is 51.5 Å². The van der Waals surface area contributed by atoms with Crippen LogP contribution in [0.5, 0.6) is 0 Å². The van der Waals surface area contributed by atoms with Crippen LogP contribution in [0.2, 0.25) is 0 Å². The van der Waals surface area contributed by atoms with Crippen LogP contribution in [0.3, 0.4) is 0 Å². The second-order valence-electron chi connectivity index (χ2n) is 5.85. The maximum absolute atomic E-state index is 12.7. The van der Waals surface area contributed by atoms with E-state index in [0.29, 0.717) is 6.61 Å². The summed E-state index contributed by atoms with van der Waals surface area (Å²) < 4.78 is 11.5. The molecule has 3 aliphatic rings. The summed E-state index contributed by atoms with van der Waals surface area (Å²) in [6.45, 7) is 0.405. The molecule has 3 atom stereocenters. The molecular weight excluding hydrogens is 266 g/mol. The maximum Gasteiger partial charge on any atom is 0.238 e. The van der Waals surface area contributed by atoms with Gasteiger partial charge in [0, 0.05) is 16.8 Å². The van der Waals surface area contributed by atoms with Gasteiger partial charge in [-0.05, 0) is 29.8 Å². The lowest BCUT2D eigenvalue weighted by atomic mass is 9.70. The number of rotatable bonds is 0. The highest BCUT2D eigenvalue weighted by Gasteiger charge is 2.58. The van der Waals surface area contributed by atoms with E-state index in [1.165, 1.54) is 0 Å². The van der Waals surface area contributed by atoms with E-state index in [2.05, 4.69) is 17.5 Å². The van der Waals surface area contributed by atoms with Crippen molar-refractivity contribution in [2.24, 2.45) is 5.92 Å². The molecule has 21 heavy (non-hydrogen) atoms. The van der Waals surface area contributed by atoms with Gasteiger partial charge in [0.25, 0.3) is 0 Å². The molecule has 2 aliphatic heterocycles. The standard InChI is InChI=1S/C17H13NO3/c19-16-17(11-3-1-2-4-13(11)18-16)9-21-15-7-10-5-6-20-14(10)8-12(15)17/h1-8,12,15H,9H2,(H,18,19). The van der Waals surface area contributed by atoms with Crippen LogP contribution in [0, 0.1) is 5.92 Å². The molecule has 1 fully saturated rings. The van der Waals surface area contributed by atoms with Gasteiger partial charge in [0.2, 0.25) is 5.91 Å². The molecule has 0 saturated carbocycles. The van der Waals surface area contributed by atoms with Gasteiger partial charge in [-0.3, -0.25) is 4.79 Å². The number of benzene rings is 1. The number of amides is 1. The van der Waals surface area contributed by atoms with Crippen LogP contribution in [-0.2, 0) is 14.9 Å². The molecule has 104 valence electrons. The van der Waals surface area contributed by atoms with Gasteiger partial charge < -0.3 is 14.5 Å². The molecule has 2 aromatic rings. The number of hydrogen-bond donors (Lipinski definition) is 1. The lowest BCUT2D eigenvalue weighted by molar-refractivity contribution is -0.121. The largest absolute Gasteiger partial charge is 0.465 e. The zero-order valence-corrected chi connectivity index (χ0v) is 11.2. The minimum Gasteiger partial charge on any atom is -0.465 e. The van der Waals surface area contributed by atoms with Crippen LogP contribution in [0.25, 0.3) is 12.2 Å². The first kappa shape index (κ1) is 11.3. The summed E-state index contributed by atoms with van der Waals surface area (Å²) in [6.07, 6.45) is 5.71. The van der Waals surface area contributed by atoms with Crippen LogP contribution >= 0.6 is 0 Å². The third-order valence-electron chi connectivity index (χ3n) is 4.89. The van der Waals surface area contributed by atoms with E-state index in [9.17, 15) is 4.79 Å². The highest BCUT2D eigenvalue weighted by atomic mass is 16.5. The van der Waals surface area contributed by atoms with E-state index in [1.54, 1.807) is 6.26 Å². The Morgan fingerprint density at radius 1 is 1.19 bits per heavy atom. The summed E-state index contributed by atoms with van der Waals surface area (Å²) in [5, 5.41) is 4.04. The Morgan fingerprint density at radius 2 is 2.10 bits per heavy atom. The number of hydrogen-bond acceptors (Lipinski definition) is 3. The van der Waals surface area contributed by atoms with Crippen molar-refractivity contribution in [3.8, 4) is 0 Å². The number of furan rings is 1. The highest BCUT2D eigenvalue weighted by molar-refractivity contribution is 6.07. The number of nitrogens with one attached hydrogen (secondary N) is 1. The van der Waals surface area contributed by atoms with Crippen molar-refractivity contribution >= 4 is 23.7 Å². The number of fused-ring (bicyclic) bond motifs is 5. The zero-order chi connectivity index (χ0) is 14.0. The first-order valence-electron chi connectivity index (χ1n) is 7.09. The number of ether oxygens (including phenoxy) is 1. The van der Waals surface area contributed by atoms with E-state index in [1.807, 2.05) is 30.3 Å². The number of carbonyl (C=O) groups excluding carboxylic acids is 1. The quantitative estimate of drug-likeness (QED) is 0.774. The summed E-state index contributed by atoms with van der Waals surface area (Å²) in [6, 6.07) is 9.80. The fraction of sp³-hybridized carbons (Fsp3) is 0.235. The third kappa shape index (κ3) is 1.26. The van der Waals surface area contributed by atoms with E-state index in [-0.39, 0.29) is 17.9 Å². The molecule has 3 unspecified atom stereocenters. The predicted molar refractivity (Wildman–Crippen MR) is 76.9 cm³/mol. The van der Waals surface area contributed by atoms with Crippen molar-refractivity contribution < 1.29 is 13.9 Å². The zero-order valence-electron chi connectivity index (χ0n) is 11.2. The fourth-order valence-corrected chi connectivity index (χ4v) is 3.85. The second-order valence-corrected chi connectivity index (χ2v) is 5.85. The Balaban J connectivity index is 1.77. The Kier molecular flexibility index (Phi) is 1.97. The average molecular weight is 279 g/mol. The normalized spacial score (nSPS) is 31.9. The first-order chi connectivity index (χ1) is 10.3. The van der Waals surface area contributed by atoms with Gasteiger partial charge in [-0.15, -0.1) is 0 Å². The Labute approximate surface area is 120 Å². The maximum atomic E-state index is 12.7. The number of carbonyl (C=O) groups is 1. The van der Waals surface area contributed by atoms with Crippen LogP contribution < -0.4 is 16.0 Å². The molecule has 4 nitrogen and oxygen atoms in total. The smallest absolute Gasteiger partial charge is 0.238 e. The predicted octanol–water partition coefficient (Wildman–Crippen LogP) is 0.759. The SMILES string of the molecule is O=C1Nc2ccccc2C12COC1C=c3ccoc3=CC12. The van der Waals surface area contributed by atoms with E-state index in [0.717, 1.165) is 21.9 Å². The van der Waals surface area contributed by atoms with E-state index >= 15 is 0 Å². The van der Waals surface area contributed by atoms with Crippen LogP contribution in [-0.4, -0.2) is 18.6 Å². The van der Waals surface area contributed by atoms with Crippen molar-refractivity contribution in [3.63, 3.8) is 0 Å². The number of anilines is 1. The van der Waals surface area contributed by atoms with Crippen molar-refractivity contribution in [3.05, 3.63) is 52.8 Å². The molecule has 1 aliphatic carbocycles. The van der Waals surface area contributed by atoms with Crippen molar-refractivity contribution in [2.45, 2.75) is 11.5 Å².